The molecule has 50 heavy (non-hydrogen) atoms. The van der Waals surface area contributed by atoms with Crippen LogP contribution in [0.15, 0.2) is 197 Å². The maximum absolute atomic E-state index is 13.4. The lowest BCUT2D eigenvalue weighted by molar-refractivity contribution is 0.589. The van der Waals surface area contributed by atoms with Gasteiger partial charge in [0.2, 0.25) is 0 Å². The Morgan fingerprint density at radius 1 is 0.600 bits per heavy atom. The van der Waals surface area contributed by atoms with Crippen molar-refractivity contribution in [3.05, 3.63) is 183 Å². The molecule has 0 radical (unpaired) electrons. The molecular formula is C41H33N4O2PS2. The molecule has 0 amide bonds. The van der Waals surface area contributed by atoms with Gasteiger partial charge in [-0.25, -0.2) is 17.4 Å². The number of aromatic nitrogens is 4. The summed E-state index contributed by atoms with van der Waals surface area (Å²) in [7, 11) is -2.41. The van der Waals surface area contributed by atoms with Crippen molar-refractivity contribution >= 4 is 56.7 Å². The molecule has 0 saturated carbocycles. The van der Waals surface area contributed by atoms with Crippen molar-refractivity contribution in [2.24, 2.45) is 7.05 Å². The quantitative estimate of drug-likeness (QED) is 0.149. The van der Waals surface area contributed by atoms with Crippen LogP contribution in [0.5, 0.6) is 0 Å². The van der Waals surface area contributed by atoms with Gasteiger partial charge in [-0.15, -0.1) is 0 Å². The third kappa shape index (κ3) is 7.33. The van der Waals surface area contributed by atoms with Crippen LogP contribution in [0.2, 0.25) is 0 Å². The zero-order valence-electron chi connectivity index (χ0n) is 27.2. The summed E-state index contributed by atoms with van der Waals surface area (Å²) in [6.07, 6.45) is 6.94. The van der Waals surface area contributed by atoms with Crippen molar-refractivity contribution in [2.75, 3.05) is 0 Å². The molecule has 0 atom stereocenters. The van der Waals surface area contributed by atoms with Gasteiger partial charge in [0.25, 0.3) is 10.0 Å². The number of hydrogen-bond acceptors (Lipinski definition) is 5. The Morgan fingerprint density at radius 2 is 1.10 bits per heavy atom. The van der Waals surface area contributed by atoms with Gasteiger partial charge in [-0.3, -0.25) is 4.68 Å². The SMILES string of the molecule is Cn1cc(-c2cn(S(=O)(=O)c3ccccc3)c3ncc(Sc4ccccc4)cc23)cn1.c1ccc(P(c2ccccc2)c2ccccc2)cc1. The lowest BCUT2D eigenvalue weighted by atomic mass is 10.1. The molecule has 9 heteroatoms. The fourth-order valence-electron chi connectivity index (χ4n) is 5.60. The molecule has 3 heterocycles. The normalized spacial score (nSPS) is 11.3. The molecule has 0 aliphatic carbocycles. The summed E-state index contributed by atoms with van der Waals surface area (Å²) in [6.45, 7) is 0. The second-order valence-electron chi connectivity index (χ2n) is 11.4. The van der Waals surface area contributed by atoms with Gasteiger partial charge in [0.05, 0.1) is 11.1 Å². The molecular weight excluding hydrogens is 676 g/mol. The highest BCUT2D eigenvalue weighted by Gasteiger charge is 2.23. The Balaban J connectivity index is 0.000000176. The number of fused-ring (bicyclic) bond motifs is 1. The Bertz CT molecular complexity index is 2330. The van der Waals surface area contributed by atoms with Gasteiger partial charge in [0.15, 0.2) is 5.65 Å². The summed E-state index contributed by atoms with van der Waals surface area (Å²) in [5, 5.41) is 9.20. The summed E-state index contributed by atoms with van der Waals surface area (Å²) in [5.41, 5.74) is 1.99. The molecule has 0 spiro atoms. The topological polar surface area (TPSA) is 69.8 Å². The molecule has 8 aromatic rings. The Hall–Kier alpha value is -5.27. The maximum Gasteiger partial charge on any atom is 0.269 e. The summed E-state index contributed by atoms with van der Waals surface area (Å²) in [6, 6.07) is 52.7. The van der Waals surface area contributed by atoms with Crippen LogP contribution in [0.25, 0.3) is 22.2 Å². The molecule has 0 N–H and O–H groups in total. The van der Waals surface area contributed by atoms with E-state index in [4.69, 9.17) is 0 Å². The molecule has 8 rings (SSSR count). The first-order chi connectivity index (χ1) is 24.5. The molecule has 0 aliphatic rings. The monoisotopic (exact) mass is 708 g/mol. The third-order valence-electron chi connectivity index (χ3n) is 7.92. The highest BCUT2D eigenvalue weighted by Crippen LogP contribution is 2.36. The van der Waals surface area contributed by atoms with E-state index in [-0.39, 0.29) is 4.90 Å². The summed E-state index contributed by atoms with van der Waals surface area (Å²) < 4.78 is 29.7. The smallest absolute Gasteiger partial charge is 0.269 e. The summed E-state index contributed by atoms with van der Waals surface area (Å²) in [5.74, 6) is 0. The van der Waals surface area contributed by atoms with Gasteiger partial charge < -0.3 is 0 Å². The van der Waals surface area contributed by atoms with Crippen LogP contribution in [0.1, 0.15) is 0 Å². The second kappa shape index (κ2) is 15.1. The highest BCUT2D eigenvalue weighted by molar-refractivity contribution is 7.99. The molecule has 5 aromatic carbocycles. The lowest BCUT2D eigenvalue weighted by Crippen LogP contribution is -2.20. The minimum absolute atomic E-state index is 0.217. The summed E-state index contributed by atoms with van der Waals surface area (Å²) >= 11 is 1.58. The Morgan fingerprint density at radius 3 is 1.60 bits per heavy atom. The van der Waals surface area contributed by atoms with Crippen molar-refractivity contribution in [3.63, 3.8) is 0 Å². The Labute approximate surface area is 297 Å². The highest BCUT2D eigenvalue weighted by atomic mass is 32.2. The van der Waals surface area contributed by atoms with Gasteiger partial charge >= 0.3 is 0 Å². The fourth-order valence-corrected chi connectivity index (χ4v) is 10.1. The van der Waals surface area contributed by atoms with E-state index in [1.165, 1.54) is 19.9 Å². The lowest BCUT2D eigenvalue weighted by Gasteiger charge is -2.18. The zero-order valence-corrected chi connectivity index (χ0v) is 29.7. The standard InChI is InChI=1S/C23H18N4O2S2.C18H15P/c1-26-15-17(13-25-26)22-16-27(31(28,29)20-10-6-3-7-11-20)23-21(22)12-19(14-24-23)30-18-8-4-2-5-9-18;1-4-10-16(11-5-1)19(17-12-6-2-7-13-17)18-14-8-3-9-15-18/h2-16H,1H3;1-15H. The van der Waals surface area contributed by atoms with Crippen molar-refractivity contribution in [2.45, 2.75) is 14.7 Å². The first-order valence-electron chi connectivity index (χ1n) is 16.0. The van der Waals surface area contributed by atoms with Gasteiger partial charge in [0, 0.05) is 51.9 Å². The predicted octanol–water partition coefficient (Wildman–Crippen LogP) is 8.27. The van der Waals surface area contributed by atoms with E-state index in [1.54, 1.807) is 65.4 Å². The largest absolute Gasteiger partial charge is 0.275 e. The maximum atomic E-state index is 13.4. The summed E-state index contributed by atoms with van der Waals surface area (Å²) in [4.78, 5) is 6.79. The van der Waals surface area contributed by atoms with E-state index >= 15 is 0 Å². The van der Waals surface area contributed by atoms with Gasteiger partial charge in [0.1, 0.15) is 0 Å². The van der Waals surface area contributed by atoms with E-state index in [0.29, 0.717) is 5.65 Å². The van der Waals surface area contributed by atoms with Crippen molar-refractivity contribution < 1.29 is 8.42 Å². The first-order valence-corrected chi connectivity index (χ1v) is 19.6. The van der Waals surface area contributed by atoms with Crippen molar-refractivity contribution in [3.8, 4) is 11.1 Å². The second-order valence-corrected chi connectivity index (χ2v) is 16.5. The predicted molar refractivity (Wildman–Crippen MR) is 207 cm³/mol. The minimum atomic E-state index is -3.80. The van der Waals surface area contributed by atoms with E-state index in [0.717, 1.165) is 26.3 Å². The molecule has 0 unspecified atom stereocenters. The number of pyridine rings is 1. The first kappa shape index (κ1) is 33.2. The molecule has 246 valence electrons. The number of benzene rings is 5. The van der Waals surface area contributed by atoms with E-state index in [1.807, 2.05) is 49.6 Å². The van der Waals surface area contributed by atoms with Gasteiger partial charge in [-0.05, 0) is 54.2 Å². The van der Waals surface area contributed by atoms with Crippen LogP contribution in [0, 0.1) is 0 Å². The molecule has 0 fully saturated rings. The van der Waals surface area contributed by atoms with E-state index in [2.05, 4.69) is 101 Å². The number of aryl methyl sites for hydroxylation is 1. The van der Waals surface area contributed by atoms with E-state index < -0.39 is 17.9 Å². The van der Waals surface area contributed by atoms with Gasteiger partial charge in [-0.1, -0.05) is 139 Å². The van der Waals surface area contributed by atoms with E-state index in [9.17, 15) is 8.42 Å². The fraction of sp³-hybridized carbons (Fsp3) is 0.0244. The van der Waals surface area contributed by atoms with Crippen LogP contribution in [-0.4, -0.2) is 27.2 Å². The third-order valence-corrected chi connectivity index (χ3v) is 13.0. The van der Waals surface area contributed by atoms with Crippen LogP contribution in [0.4, 0.5) is 0 Å². The van der Waals surface area contributed by atoms with Crippen molar-refractivity contribution in [1.29, 1.82) is 0 Å². The molecule has 0 aliphatic heterocycles. The molecule has 0 bridgehead atoms. The number of rotatable bonds is 8. The Kier molecular flexibility index (Phi) is 10.0. The number of nitrogens with zero attached hydrogens (tertiary/aromatic N) is 4. The van der Waals surface area contributed by atoms with Gasteiger partial charge in [-0.2, -0.15) is 5.10 Å². The number of hydrogen-bond donors (Lipinski definition) is 0. The molecule has 3 aromatic heterocycles. The van der Waals surface area contributed by atoms with Crippen LogP contribution >= 0.6 is 19.7 Å². The van der Waals surface area contributed by atoms with Crippen LogP contribution in [-0.2, 0) is 17.1 Å². The molecule has 0 saturated heterocycles. The van der Waals surface area contributed by atoms with Crippen LogP contribution < -0.4 is 15.9 Å². The zero-order chi connectivity index (χ0) is 34.3. The minimum Gasteiger partial charge on any atom is -0.275 e. The average Bonchev–Trinajstić information content (AvgIpc) is 3.78. The average molecular weight is 709 g/mol. The van der Waals surface area contributed by atoms with Crippen molar-refractivity contribution in [1.82, 2.24) is 18.7 Å². The van der Waals surface area contributed by atoms with Crippen LogP contribution in [0.3, 0.4) is 0 Å². The molecule has 6 nitrogen and oxygen atoms in total.